The molecule has 2 unspecified atom stereocenters. The van der Waals surface area contributed by atoms with Gasteiger partial charge in [-0.1, -0.05) is 51.9 Å². The van der Waals surface area contributed by atoms with E-state index < -0.39 is 12.9 Å². The van der Waals surface area contributed by atoms with Gasteiger partial charge in [0.1, 0.15) is 6.10 Å². The van der Waals surface area contributed by atoms with Gasteiger partial charge in [0, 0.05) is 6.42 Å². The molecule has 2 atom stereocenters. The third kappa shape index (κ3) is 9.48. The van der Waals surface area contributed by atoms with Crippen LogP contribution in [0.5, 0.6) is 0 Å². The molecule has 0 aromatic carbocycles. The lowest BCUT2D eigenvalue weighted by Crippen LogP contribution is -2.41. The fraction of sp³-hybridized carbons (Fsp3) is 0.792. The molecule has 180 valence electrons. The van der Waals surface area contributed by atoms with Crippen LogP contribution in [0.4, 0.5) is 0 Å². The SMILES string of the molecule is CC.CC.COC(=O)CC/C=C\CC1OC(C)(C)OC1/C=C/B1OC(C)(C)C(C)(C)O1. The molecule has 0 amide bonds. The Morgan fingerprint density at radius 1 is 0.935 bits per heavy atom. The third-order valence-corrected chi connectivity index (χ3v) is 5.23. The first-order valence-corrected chi connectivity index (χ1v) is 11.6. The number of rotatable bonds is 7. The number of carbonyl (C=O) groups excluding carboxylic acids is 1. The first kappa shape index (κ1) is 29.9. The van der Waals surface area contributed by atoms with Crippen LogP contribution in [0.15, 0.2) is 24.2 Å². The molecular weight excluding hydrogens is 395 g/mol. The second-order valence-corrected chi connectivity index (χ2v) is 8.47. The van der Waals surface area contributed by atoms with Gasteiger partial charge in [0.25, 0.3) is 0 Å². The van der Waals surface area contributed by atoms with E-state index in [1.54, 1.807) is 0 Å². The largest absolute Gasteiger partial charge is 0.486 e. The number of esters is 1. The molecule has 31 heavy (non-hydrogen) atoms. The van der Waals surface area contributed by atoms with Crippen molar-refractivity contribution in [2.24, 2.45) is 0 Å². The predicted octanol–water partition coefficient (Wildman–Crippen LogP) is 5.65. The minimum absolute atomic E-state index is 0.104. The summed E-state index contributed by atoms with van der Waals surface area (Å²) in [6, 6.07) is 0. The fourth-order valence-electron chi connectivity index (χ4n) is 3.03. The predicted molar refractivity (Wildman–Crippen MR) is 127 cm³/mol. The number of hydrogen-bond acceptors (Lipinski definition) is 6. The molecule has 0 spiro atoms. The Bertz CT molecular complexity index is 567. The highest BCUT2D eigenvalue weighted by Gasteiger charge is 2.50. The molecule has 0 aromatic rings. The maximum absolute atomic E-state index is 11.1. The zero-order chi connectivity index (χ0) is 24.3. The summed E-state index contributed by atoms with van der Waals surface area (Å²) in [4.78, 5) is 11.1. The van der Waals surface area contributed by atoms with Gasteiger partial charge in [-0.05, 0) is 54.4 Å². The van der Waals surface area contributed by atoms with Gasteiger partial charge in [0.05, 0.1) is 24.4 Å². The monoisotopic (exact) mass is 440 g/mol. The van der Waals surface area contributed by atoms with Gasteiger partial charge in [-0.2, -0.15) is 0 Å². The van der Waals surface area contributed by atoms with Crippen LogP contribution in [0.3, 0.4) is 0 Å². The molecule has 7 heteroatoms. The Kier molecular flexibility index (Phi) is 12.9. The Morgan fingerprint density at radius 2 is 1.48 bits per heavy atom. The lowest BCUT2D eigenvalue weighted by molar-refractivity contribution is -0.142. The molecule has 0 N–H and O–H groups in total. The van der Waals surface area contributed by atoms with E-state index in [9.17, 15) is 4.79 Å². The molecule has 0 saturated carbocycles. The maximum atomic E-state index is 11.1. The molecule has 2 aliphatic rings. The van der Waals surface area contributed by atoms with Crippen molar-refractivity contribution in [2.45, 2.75) is 118 Å². The van der Waals surface area contributed by atoms with Gasteiger partial charge < -0.3 is 23.5 Å². The zero-order valence-electron chi connectivity index (χ0n) is 21.6. The molecule has 0 aliphatic carbocycles. The van der Waals surface area contributed by atoms with Crippen molar-refractivity contribution in [3.63, 3.8) is 0 Å². The highest BCUT2D eigenvalue weighted by Crippen LogP contribution is 2.37. The summed E-state index contributed by atoms with van der Waals surface area (Å²) in [5, 5.41) is 0. The summed E-state index contributed by atoms with van der Waals surface area (Å²) in [7, 11) is 0.993. The van der Waals surface area contributed by atoms with E-state index in [4.69, 9.17) is 18.8 Å². The van der Waals surface area contributed by atoms with E-state index in [0.29, 0.717) is 19.3 Å². The van der Waals surface area contributed by atoms with Gasteiger partial charge in [-0.25, -0.2) is 0 Å². The van der Waals surface area contributed by atoms with Gasteiger partial charge in [0.2, 0.25) is 0 Å². The Hall–Kier alpha value is -1.15. The van der Waals surface area contributed by atoms with Crippen molar-refractivity contribution in [2.75, 3.05) is 7.11 Å². The quantitative estimate of drug-likeness (QED) is 0.290. The van der Waals surface area contributed by atoms with E-state index in [2.05, 4.69) is 4.74 Å². The van der Waals surface area contributed by atoms with Crippen LogP contribution in [0, 0.1) is 0 Å². The summed E-state index contributed by atoms with van der Waals surface area (Å²) in [5.41, 5.74) is -0.730. The molecule has 2 saturated heterocycles. The van der Waals surface area contributed by atoms with Crippen LogP contribution in [0.25, 0.3) is 0 Å². The molecule has 2 fully saturated rings. The van der Waals surface area contributed by atoms with E-state index in [-0.39, 0.29) is 29.4 Å². The summed E-state index contributed by atoms with van der Waals surface area (Å²) in [6.07, 6.45) is 7.39. The Balaban J connectivity index is 0.00000212. The molecule has 2 aliphatic heterocycles. The van der Waals surface area contributed by atoms with E-state index in [1.165, 1.54) is 7.11 Å². The number of allylic oxidation sites excluding steroid dienone is 1. The summed E-state index contributed by atoms with van der Waals surface area (Å²) < 4.78 is 28.6. The highest BCUT2D eigenvalue weighted by atomic mass is 16.7. The molecule has 0 aromatic heterocycles. The fourth-order valence-corrected chi connectivity index (χ4v) is 3.03. The van der Waals surface area contributed by atoms with Crippen LogP contribution in [0.1, 0.15) is 88.5 Å². The average molecular weight is 440 g/mol. The summed E-state index contributed by atoms with van der Waals surface area (Å²) in [6.45, 7) is 19.9. The van der Waals surface area contributed by atoms with Crippen LogP contribution in [-0.2, 0) is 28.3 Å². The molecule has 0 radical (unpaired) electrons. The van der Waals surface area contributed by atoms with Crippen molar-refractivity contribution in [1.82, 2.24) is 0 Å². The van der Waals surface area contributed by atoms with Crippen molar-refractivity contribution >= 4 is 13.1 Å². The Morgan fingerprint density at radius 3 is 2.00 bits per heavy atom. The maximum Gasteiger partial charge on any atom is 0.486 e. The van der Waals surface area contributed by atoms with Gasteiger partial charge in [-0.3, -0.25) is 4.79 Å². The molecular formula is C24H45BO6. The topological polar surface area (TPSA) is 63.2 Å². The van der Waals surface area contributed by atoms with Crippen molar-refractivity contribution in [1.29, 1.82) is 0 Å². The first-order valence-electron chi connectivity index (χ1n) is 11.6. The number of hydrogen-bond donors (Lipinski definition) is 0. The molecule has 2 rings (SSSR count). The second-order valence-electron chi connectivity index (χ2n) is 8.47. The number of methoxy groups -OCH3 is 1. The molecule has 2 heterocycles. The lowest BCUT2D eigenvalue weighted by atomic mass is 9.88. The zero-order valence-corrected chi connectivity index (χ0v) is 21.6. The number of ether oxygens (including phenoxy) is 3. The van der Waals surface area contributed by atoms with Crippen LogP contribution < -0.4 is 0 Å². The summed E-state index contributed by atoms with van der Waals surface area (Å²) >= 11 is 0. The third-order valence-electron chi connectivity index (χ3n) is 5.23. The van der Waals surface area contributed by atoms with Gasteiger partial charge in [-0.15, -0.1) is 0 Å². The minimum atomic E-state index is -0.643. The van der Waals surface area contributed by atoms with E-state index >= 15 is 0 Å². The van der Waals surface area contributed by atoms with E-state index in [0.717, 1.165) is 0 Å². The van der Waals surface area contributed by atoms with Gasteiger partial charge in [0.15, 0.2) is 5.79 Å². The molecule has 0 bridgehead atoms. The van der Waals surface area contributed by atoms with Crippen LogP contribution in [0.2, 0.25) is 0 Å². The normalized spacial score (nSPS) is 25.7. The summed E-state index contributed by atoms with van der Waals surface area (Å²) in [5.74, 6) is 1.06. The lowest BCUT2D eigenvalue weighted by Gasteiger charge is -2.32. The van der Waals surface area contributed by atoms with Crippen LogP contribution in [-0.4, -0.2) is 49.4 Å². The van der Waals surface area contributed by atoms with Crippen molar-refractivity contribution in [3.8, 4) is 0 Å². The smallest absolute Gasteiger partial charge is 0.469 e. The van der Waals surface area contributed by atoms with E-state index in [1.807, 2.05) is 93.4 Å². The van der Waals surface area contributed by atoms with Gasteiger partial charge >= 0.3 is 13.1 Å². The van der Waals surface area contributed by atoms with Crippen molar-refractivity contribution in [3.05, 3.63) is 24.2 Å². The standard InChI is InChI=1S/C20H33BO6.2C2H6/c1-18(2)19(3,4)27-21(26-18)14-13-16-15(24-20(5,6)25-16)11-9-8-10-12-17(22)23-7;2*1-2/h8-9,13-16H,10-12H2,1-7H3;2*1-2H3/b9-8-,14-13+;;. The second kappa shape index (κ2) is 13.4. The average Bonchev–Trinajstić information content (AvgIpc) is 3.12. The van der Waals surface area contributed by atoms with Crippen LogP contribution >= 0.6 is 0 Å². The number of carbonyl (C=O) groups is 1. The van der Waals surface area contributed by atoms with Crippen molar-refractivity contribution < 1.29 is 28.3 Å². The minimum Gasteiger partial charge on any atom is -0.469 e. The Labute approximate surface area is 190 Å². The molecule has 6 nitrogen and oxygen atoms in total. The first-order chi connectivity index (χ1) is 14.5. The highest BCUT2D eigenvalue weighted by molar-refractivity contribution is 6.51.